The zero-order valence-electron chi connectivity index (χ0n) is 17.9. The van der Waals surface area contributed by atoms with Gasteiger partial charge in [0.2, 0.25) is 11.9 Å². The van der Waals surface area contributed by atoms with Gasteiger partial charge >= 0.3 is 0 Å². The highest BCUT2D eigenvalue weighted by Gasteiger charge is 2.36. The SMILES string of the molecule is CC1=C(c2ccccc2)OC(c2ccccc2)N1c1c(C)ccc2c1oc1ncccc12. The van der Waals surface area contributed by atoms with E-state index in [9.17, 15) is 0 Å². The molecule has 4 nitrogen and oxygen atoms in total. The van der Waals surface area contributed by atoms with E-state index in [-0.39, 0.29) is 6.23 Å². The van der Waals surface area contributed by atoms with E-state index in [0.29, 0.717) is 5.71 Å². The molecule has 1 aliphatic heterocycles. The second-order valence-electron chi connectivity index (χ2n) is 8.10. The van der Waals surface area contributed by atoms with Gasteiger partial charge in [-0.2, -0.15) is 0 Å². The van der Waals surface area contributed by atoms with Crippen LogP contribution in [0.25, 0.3) is 27.8 Å². The minimum atomic E-state index is -0.295. The number of benzene rings is 3. The zero-order chi connectivity index (χ0) is 21.7. The standard InChI is InChI=1S/C28H22N2O2/c1-18-15-16-22-23-14-9-17-29-27(23)31-26(22)24(18)30-19(2)25(20-10-5-3-6-11-20)32-28(30)21-12-7-4-8-13-21/h3-17,28H,1-2H3. The predicted octanol–water partition coefficient (Wildman–Crippen LogP) is 7.21. The van der Waals surface area contributed by atoms with Crippen molar-refractivity contribution in [3.8, 4) is 0 Å². The first-order valence-electron chi connectivity index (χ1n) is 10.8. The van der Waals surface area contributed by atoms with Gasteiger partial charge < -0.3 is 9.15 Å². The predicted molar refractivity (Wildman–Crippen MR) is 128 cm³/mol. The number of fused-ring (bicyclic) bond motifs is 3. The van der Waals surface area contributed by atoms with Gasteiger partial charge in [-0.3, -0.25) is 4.90 Å². The molecule has 3 heterocycles. The first-order chi connectivity index (χ1) is 15.7. The third-order valence-electron chi connectivity index (χ3n) is 6.11. The summed E-state index contributed by atoms with van der Waals surface area (Å²) in [6, 6.07) is 28.9. The minimum absolute atomic E-state index is 0.295. The molecule has 0 amide bonds. The van der Waals surface area contributed by atoms with Crippen molar-refractivity contribution in [2.45, 2.75) is 20.1 Å². The van der Waals surface area contributed by atoms with Crippen molar-refractivity contribution in [3.63, 3.8) is 0 Å². The lowest BCUT2D eigenvalue weighted by Gasteiger charge is -2.28. The van der Waals surface area contributed by atoms with Crippen molar-refractivity contribution < 1.29 is 9.15 Å². The normalized spacial score (nSPS) is 16.2. The van der Waals surface area contributed by atoms with E-state index in [2.05, 4.69) is 66.2 Å². The molecule has 32 heavy (non-hydrogen) atoms. The van der Waals surface area contributed by atoms with Gasteiger partial charge in [0.05, 0.1) is 11.4 Å². The van der Waals surface area contributed by atoms with E-state index >= 15 is 0 Å². The Balaban J connectivity index is 1.63. The summed E-state index contributed by atoms with van der Waals surface area (Å²) in [4.78, 5) is 6.71. The number of anilines is 1. The Hall–Kier alpha value is -4.05. The number of hydrogen-bond acceptors (Lipinski definition) is 4. The molecular weight excluding hydrogens is 396 g/mol. The topological polar surface area (TPSA) is 38.5 Å². The van der Waals surface area contributed by atoms with Gasteiger partial charge in [0, 0.05) is 28.1 Å². The van der Waals surface area contributed by atoms with Crippen LogP contribution in [-0.4, -0.2) is 4.98 Å². The third kappa shape index (κ3) is 2.80. The molecule has 1 unspecified atom stereocenters. The molecule has 1 aliphatic rings. The number of nitrogens with zero attached hydrogens (tertiary/aromatic N) is 2. The fraction of sp³-hybridized carbons (Fsp3) is 0.107. The van der Waals surface area contributed by atoms with Crippen LogP contribution in [0.5, 0.6) is 0 Å². The number of pyridine rings is 1. The Morgan fingerprint density at radius 2 is 1.53 bits per heavy atom. The Labute approximate surface area is 186 Å². The van der Waals surface area contributed by atoms with Crippen LogP contribution in [0.3, 0.4) is 0 Å². The average Bonchev–Trinajstić information content (AvgIpc) is 3.38. The van der Waals surface area contributed by atoms with Gasteiger partial charge in [-0.15, -0.1) is 0 Å². The molecule has 0 aliphatic carbocycles. The van der Waals surface area contributed by atoms with Crippen molar-refractivity contribution in [2.24, 2.45) is 0 Å². The van der Waals surface area contributed by atoms with E-state index in [1.54, 1.807) is 6.20 Å². The van der Waals surface area contributed by atoms with E-state index in [1.165, 1.54) is 0 Å². The fourth-order valence-electron chi connectivity index (χ4n) is 4.58. The molecule has 0 bridgehead atoms. The lowest BCUT2D eigenvalue weighted by atomic mass is 10.1. The van der Waals surface area contributed by atoms with E-state index in [0.717, 1.165) is 50.2 Å². The van der Waals surface area contributed by atoms with Crippen LogP contribution < -0.4 is 4.90 Å². The van der Waals surface area contributed by atoms with Gasteiger partial charge in [-0.05, 0) is 31.5 Å². The second kappa shape index (κ2) is 7.27. The van der Waals surface area contributed by atoms with E-state index < -0.39 is 0 Å². The van der Waals surface area contributed by atoms with Crippen molar-refractivity contribution in [1.29, 1.82) is 0 Å². The van der Waals surface area contributed by atoms with Crippen molar-refractivity contribution in [1.82, 2.24) is 4.98 Å². The molecule has 0 spiro atoms. The zero-order valence-corrected chi connectivity index (χ0v) is 17.9. The van der Waals surface area contributed by atoms with Crippen molar-refractivity contribution in [2.75, 3.05) is 4.90 Å². The molecule has 5 aromatic rings. The summed E-state index contributed by atoms with van der Waals surface area (Å²) in [6.07, 6.45) is 1.47. The summed E-state index contributed by atoms with van der Waals surface area (Å²) >= 11 is 0. The molecular formula is C28H22N2O2. The quantitative estimate of drug-likeness (QED) is 0.310. The highest BCUT2D eigenvalue weighted by Crippen LogP contribution is 2.48. The van der Waals surface area contributed by atoms with Crippen LogP contribution in [0.1, 0.15) is 29.8 Å². The maximum atomic E-state index is 6.64. The smallest absolute Gasteiger partial charge is 0.227 e. The number of furan rings is 1. The van der Waals surface area contributed by atoms with Crippen molar-refractivity contribution >= 4 is 33.5 Å². The Morgan fingerprint density at radius 1 is 0.781 bits per heavy atom. The molecule has 1 atom stereocenters. The van der Waals surface area contributed by atoms with Crippen LogP contribution in [0, 0.1) is 6.92 Å². The molecule has 0 fully saturated rings. The van der Waals surface area contributed by atoms with Crippen molar-refractivity contribution in [3.05, 3.63) is 114 Å². The van der Waals surface area contributed by atoms with Crippen LogP contribution in [0.4, 0.5) is 5.69 Å². The first-order valence-corrected chi connectivity index (χ1v) is 10.8. The maximum Gasteiger partial charge on any atom is 0.227 e. The summed E-state index contributed by atoms with van der Waals surface area (Å²) in [5.41, 5.74) is 6.81. The highest BCUT2D eigenvalue weighted by atomic mass is 16.5. The lowest BCUT2D eigenvalue weighted by molar-refractivity contribution is 0.195. The second-order valence-corrected chi connectivity index (χ2v) is 8.10. The number of aromatic nitrogens is 1. The third-order valence-corrected chi connectivity index (χ3v) is 6.11. The number of hydrogen-bond donors (Lipinski definition) is 0. The van der Waals surface area contributed by atoms with Gasteiger partial charge in [0.1, 0.15) is 5.76 Å². The van der Waals surface area contributed by atoms with Crippen LogP contribution in [-0.2, 0) is 4.74 Å². The van der Waals surface area contributed by atoms with Crippen LogP contribution >= 0.6 is 0 Å². The molecule has 6 rings (SSSR count). The number of rotatable bonds is 3. The van der Waals surface area contributed by atoms with Crippen LogP contribution in [0.15, 0.2) is 101 Å². The van der Waals surface area contributed by atoms with Gasteiger partial charge in [-0.25, -0.2) is 4.98 Å². The average molecular weight is 418 g/mol. The first kappa shape index (κ1) is 18.7. The van der Waals surface area contributed by atoms with Gasteiger partial charge in [0.25, 0.3) is 0 Å². The summed E-state index contributed by atoms with van der Waals surface area (Å²) in [5.74, 6) is 0.880. The Bertz CT molecular complexity index is 1470. The molecule has 3 aromatic carbocycles. The molecule has 0 N–H and O–H groups in total. The summed E-state index contributed by atoms with van der Waals surface area (Å²) in [6.45, 7) is 4.23. The molecule has 2 aromatic heterocycles. The summed E-state index contributed by atoms with van der Waals surface area (Å²) < 4.78 is 13.0. The molecule has 0 saturated carbocycles. The van der Waals surface area contributed by atoms with Crippen LogP contribution in [0.2, 0.25) is 0 Å². The number of aryl methyl sites for hydroxylation is 1. The number of allylic oxidation sites excluding steroid dienone is 1. The summed E-state index contributed by atoms with van der Waals surface area (Å²) in [7, 11) is 0. The molecule has 0 radical (unpaired) electrons. The minimum Gasteiger partial charge on any atom is -0.463 e. The molecule has 156 valence electrons. The maximum absolute atomic E-state index is 6.64. The van der Waals surface area contributed by atoms with E-state index in [1.807, 2.05) is 42.5 Å². The molecule has 0 saturated heterocycles. The monoisotopic (exact) mass is 418 g/mol. The lowest BCUT2D eigenvalue weighted by Crippen LogP contribution is -2.24. The molecule has 4 heteroatoms. The van der Waals surface area contributed by atoms with E-state index in [4.69, 9.17) is 9.15 Å². The summed E-state index contributed by atoms with van der Waals surface area (Å²) in [5, 5.41) is 2.08. The Kier molecular flexibility index (Phi) is 4.25. The van der Waals surface area contributed by atoms with Gasteiger partial charge in [0.15, 0.2) is 5.58 Å². The number of ether oxygens (including phenoxy) is 1. The fourth-order valence-corrected chi connectivity index (χ4v) is 4.58. The highest BCUT2D eigenvalue weighted by molar-refractivity contribution is 6.09. The van der Waals surface area contributed by atoms with Gasteiger partial charge in [-0.1, -0.05) is 72.8 Å². The largest absolute Gasteiger partial charge is 0.463 e. The Morgan fingerprint density at radius 3 is 2.31 bits per heavy atom.